The number of aliphatic hydroxyl groups excluding tert-OH is 1. The lowest BCUT2D eigenvalue weighted by atomic mass is 9.42. The van der Waals surface area contributed by atoms with Crippen LogP contribution in [0.4, 0.5) is 0 Å². The lowest BCUT2D eigenvalue weighted by Crippen LogP contribution is -2.67. The van der Waals surface area contributed by atoms with Crippen molar-refractivity contribution in [3.05, 3.63) is 23.8 Å². The molecule has 36 heavy (non-hydrogen) atoms. The normalized spacial score (nSPS) is 52.3. The van der Waals surface area contributed by atoms with Crippen LogP contribution in [0.15, 0.2) is 23.8 Å². The zero-order valence-electron chi connectivity index (χ0n) is 21.7. The fourth-order valence-electron chi connectivity index (χ4n) is 9.36. The van der Waals surface area contributed by atoms with E-state index in [0.29, 0.717) is 18.8 Å². The summed E-state index contributed by atoms with van der Waals surface area (Å²) < 4.78 is 17.2. The standard InChI is InChI=1S/C29H40O7/c1-16-23(30)6-7-26(35-16)36-19-8-10-27(2)18(13-19)4-5-21-22(27)14-24(31)28(3)20(9-11-29(21,28)33)17-12-25(32)34-15-17/h6-7,12,16,18-22,24,26,31,33H,4-5,8-11,13-15H2,1-3H3. The molecule has 2 N–H and O–H groups in total. The van der Waals surface area contributed by atoms with E-state index in [9.17, 15) is 19.8 Å². The van der Waals surface area contributed by atoms with Crippen molar-refractivity contribution in [1.82, 2.24) is 0 Å². The molecule has 0 amide bonds. The van der Waals surface area contributed by atoms with Gasteiger partial charge in [-0.25, -0.2) is 4.79 Å². The van der Waals surface area contributed by atoms with Crippen molar-refractivity contribution in [1.29, 1.82) is 0 Å². The Bertz CT molecular complexity index is 1000. The van der Waals surface area contributed by atoms with Gasteiger partial charge in [0, 0.05) is 11.5 Å². The molecule has 11 atom stereocenters. The Morgan fingerprint density at radius 3 is 2.58 bits per heavy atom. The van der Waals surface area contributed by atoms with Crippen LogP contribution in [0.1, 0.15) is 72.1 Å². The van der Waals surface area contributed by atoms with Gasteiger partial charge in [0.05, 0.1) is 17.8 Å². The third kappa shape index (κ3) is 3.45. The van der Waals surface area contributed by atoms with Gasteiger partial charge in [-0.05, 0) is 105 Å². The molecule has 11 unspecified atom stereocenters. The molecule has 198 valence electrons. The maximum atomic E-state index is 12.4. The van der Waals surface area contributed by atoms with E-state index < -0.39 is 29.5 Å². The van der Waals surface area contributed by atoms with E-state index in [-0.39, 0.29) is 47.6 Å². The molecule has 2 heterocycles. The lowest BCUT2D eigenvalue weighted by Gasteiger charge is -2.65. The SMILES string of the molecule is CC1OC(OC2CCC3(C)C(CCC4C3CC(O)C3(C)C(C5=CC(=O)OC5)CCC43O)C2)C=CC1=O. The van der Waals surface area contributed by atoms with Crippen LogP contribution in [0.5, 0.6) is 0 Å². The van der Waals surface area contributed by atoms with E-state index in [1.54, 1.807) is 25.2 Å². The lowest BCUT2D eigenvalue weighted by molar-refractivity contribution is -0.250. The third-order valence-corrected chi connectivity index (χ3v) is 11.5. The molecule has 7 nitrogen and oxygen atoms in total. The number of ketones is 1. The van der Waals surface area contributed by atoms with Gasteiger partial charge in [-0.3, -0.25) is 4.79 Å². The number of carbonyl (C=O) groups excluding carboxylic acids is 2. The summed E-state index contributed by atoms with van der Waals surface area (Å²) in [6.45, 7) is 6.47. The summed E-state index contributed by atoms with van der Waals surface area (Å²) in [5, 5.41) is 24.0. The summed E-state index contributed by atoms with van der Waals surface area (Å²) in [7, 11) is 0. The van der Waals surface area contributed by atoms with Crippen LogP contribution in [0.25, 0.3) is 0 Å². The van der Waals surface area contributed by atoms with Crippen LogP contribution in [-0.4, -0.2) is 58.8 Å². The van der Waals surface area contributed by atoms with Gasteiger partial charge in [-0.15, -0.1) is 0 Å². The van der Waals surface area contributed by atoms with E-state index in [1.165, 1.54) is 0 Å². The maximum absolute atomic E-state index is 12.4. The smallest absolute Gasteiger partial charge is 0.331 e. The van der Waals surface area contributed by atoms with Gasteiger partial charge in [-0.1, -0.05) is 13.8 Å². The van der Waals surface area contributed by atoms with E-state index in [2.05, 4.69) is 13.8 Å². The van der Waals surface area contributed by atoms with E-state index in [4.69, 9.17) is 14.2 Å². The molecule has 0 bridgehead atoms. The van der Waals surface area contributed by atoms with Crippen molar-refractivity contribution in [3.8, 4) is 0 Å². The van der Waals surface area contributed by atoms with Crippen molar-refractivity contribution in [2.24, 2.45) is 34.5 Å². The summed E-state index contributed by atoms with van der Waals surface area (Å²) in [5.41, 5.74) is -0.645. The van der Waals surface area contributed by atoms with Crippen LogP contribution in [-0.2, 0) is 23.8 Å². The minimum absolute atomic E-state index is 0.0253. The summed E-state index contributed by atoms with van der Waals surface area (Å²) in [5.74, 6) is 0.493. The van der Waals surface area contributed by atoms with Crippen LogP contribution in [0, 0.1) is 34.5 Å². The minimum atomic E-state index is -0.947. The number of hydrogen-bond acceptors (Lipinski definition) is 7. The van der Waals surface area contributed by atoms with Gasteiger partial charge in [0.2, 0.25) is 0 Å². The highest BCUT2D eigenvalue weighted by atomic mass is 16.7. The summed E-state index contributed by atoms with van der Waals surface area (Å²) in [6.07, 6.45) is 10.3. The molecular weight excluding hydrogens is 460 g/mol. The molecule has 6 rings (SSSR count). The van der Waals surface area contributed by atoms with Crippen molar-refractivity contribution >= 4 is 11.8 Å². The number of hydrogen-bond donors (Lipinski definition) is 2. The van der Waals surface area contributed by atoms with Gasteiger partial charge in [0.25, 0.3) is 0 Å². The van der Waals surface area contributed by atoms with Crippen LogP contribution in [0.3, 0.4) is 0 Å². The molecule has 0 spiro atoms. The highest BCUT2D eigenvalue weighted by Crippen LogP contribution is 2.70. The Balaban J connectivity index is 1.20. The Hall–Kier alpha value is -1.54. The fourth-order valence-corrected chi connectivity index (χ4v) is 9.36. The molecule has 4 aliphatic carbocycles. The van der Waals surface area contributed by atoms with Gasteiger partial charge in [0.15, 0.2) is 12.1 Å². The Morgan fingerprint density at radius 1 is 1.06 bits per heavy atom. The molecule has 0 aromatic rings. The van der Waals surface area contributed by atoms with Crippen molar-refractivity contribution in [3.63, 3.8) is 0 Å². The van der Waals surface area contributed by atoms with Crippen LogP contribution >= 0.6 is 0 Å². The number of rotatable bonds is 3. The second-order valence-corrected chi connectivity index (χ2v) is 12.8. The molecule has 0 radical (unpaired) electrons. The highest BCUT2D eigenvalue weighted by Gasteiger charge is 2.70. The Kier molecular flexibility index (Phi) is 5.84. The molecular formula is C29H40O7. The zero-order chi connectivity index (χ0) is 25.5. The molecule has 0 saturated heterocycles. The quantitative estimate of drug-likeness (QED) is 0.572. The number of ether oxygens (including phenoxy) is 3. The Labute approximate surface area is 213 Å². The first-order valence-electron chi connectivity index (χ1n) is 13.9. The van der Waals surface area contributed by atoms with Crippen molar-refractivity contribution < 1.29 is 34.0 Å². The Morgan fingerprint density at radius 2 is 1.86 bits per heavy atom. The maximum Gasteiger partial charge on any atom is 0.331 e. The van der Waals surface area contributed by atoms with Gasteiger partial charge >= 0.3 is 5.97 Å². The van der Waals surface area contributed by atoms with E-state index >= 15 is 0 Å². The molecule has 2 aliphatic heterocycles. The topological polar surface area (TPSA) is 102 Å². The number of carbonyl (C=O) groups is 2. The second-order valence-electron chi connectivity index (χ2n) is 12.8. The summed E-state index contributed by atoms with van der Waals surface area (Å²) in [6, 6.07) is 0. The molecule has 0 aromatic carbocycles. The average molecular weight is 501 g/mol. The third-order valence-electron chi connectivity index (χ3n) is 11.5. The number of esters is 1. The van der Waals surface area contributed by atoms with E-state index in [0.717, 1.165) is 44.1 Å². The second kappa shape index (κ2) is 8.48. The molecule has 0 aromatic heterocycles. The van der Waals surface area contributed by atoms with Crippen molar-refractivity contribution in [2.75, 3.05) is 6.61 Å². The molecule has 7 heteroatoms. The molecule has 4 fully saturated rings. The van der Waals surface area contributed by atoms with E-state index in [1.807, 2.05) is 0 Å². The zero-order valence-corrected chi connectivity index (χ0v) is 21.7. The number of cyclic esters (lactones) is 1. The van der Waals surface area contributed by atoms with Crippen LogP contribution in [0.2, 0.25) is 0 Å². The largest absolute Gasteiger partial charge is 0.458 e. The monoisotopic (exact) mass is 500 g/mol. The number of fused-ring (bicyclic) bond motifs is 5. The van der Waals surface area contributed by atoms with Crippen LogP contribution < -0.4 is 0 Å². The van der Waals surface area contributed by atoms with Crippen molar-refractivity contribution in [2.45, 2.75) is 102 Å². The average Bonchev–Trinajstić information content (AvgIpc) is 3.38. The predicted octanol–water partition coefficient (Wildman–Crippen LogP) is 3.47. The van der Waals surface area contributed by atoms with Gasteiger partial charge in [0.1, 0.15) is 12.7 Å². The minimum Gasteiger partial charge on any atom is -0.458 e. The first kappa shape index (κ1) is 24.8. The van der Waals surface area contributed by atoms with Gasteiger partial charge < -0.3 is 24.4 Å². The number of aliphatic hydroxyl groups is 2. The molecule has 6 aliphatic rings. The molecule has 4 saturated carbocycles. The fraction of sp³-hybridized carbons (Fsp3) is 0.793. The first-order chi connectivity index (χ1) is 17.1. The summed E-state index contributed by atoms with van der Waals surface area (Å²) in [4.78, 5) is 23.5. The van der Waals surface area contributed by atoms with Gasteiger partial charge in [-0.2, -0.15) is 0 Å². The summed E-state index contributed by atoms with van der Waals surface area (Å²) >= 11 is 0. The predicted molar refractivity (Wildman–Crippen MR) is 130 cm³/mol. The first-order valence-corrected chi connectivity index (χ1v) is 13.9. The highest BCUT2D eigenvalue weighted by molar-refractivity contribution is 5.93.